The fraction of sp³-hybridized carbons (Fsp3) is 0.364. The third kappa shape index (κ3) is 2.50. The van der Waals surface area contributed by atoms with Gasteiger partial charge in [0.1, 0.15) is 0 Å². The second kappa shape index (κ2) is 4.05. The van der Waals surface area contributed by atoms with Gasteiger partial charge < -0.3 is 0 Å². The fourth-order valence-corrected chi connectivity index (χ4v) is 1.33. The van der Waals surface area contributed by atoms with Crippen LogP contribution in [-0.4, -0.2) is 4.98 Å². The van der Waals surface area contributed by atoms with Gasteiger partial charge in [0.25, 0.3) is 0 Å². The van der Waals surface area contributed by atoms with Crippen molar-refractivity contribution in [2.75, 3.05) is 0 Å². The third-order valence-corrected chi connectivity index (χ3v) is 1.78. The molecule has 0 bridgehead atoms. The molecule has 0 amide bonds. The van der Waals surface area contributed by atoms with Crippen LogP contribution in [0.5, 0.6) is 0 Å². The molecule has 0 aliphatic rings. The third-order valence-electron chi connectivity index (χ3n) is 1.78. The Labute approximate surface area is 74.2 Å². The zero-order valence-electron chi connectivity index (χ0n) is 7.80. The second-order valence-corrected chi connectivity index (χ2v) is 3.09. The summed E-state index contributed by atoms with van der Waals surface area (Å²) >= 11 is 0. The van der Waals surface area contributed by atoms with Crippen LogP contribution in [0.25, 0.3) is 0 Å². The molecule has 0 saturated heterocycles. The van der Waals surface area contributed by atoms with Gasteiger partial charge in [0, 0.05) is 11.4 Å². The van der Waals surface area contributed by atoms with Crippen molar-refractivity contribution in [3.05, 3.63) is 41.7 Å². The molecule has 0 radical (unpaired) electrons. The van der Waals surface area contributed by atoms with Gasteiger partial charge in [-0.05, 0) is 44.4 Å². The van der Waals surface area contributed by atoms with Gasteiger partial charge in [-0.2, -0.15) is 0 Å². The standard InChI is InChI=1S/C11H15N/c1-4-5-6-11-7-9(2)12-10(3)8-11/h4,7-8H,1,5-6H2,2-3H3. The van der Waals surface area contributed by atoms with Gasteiger partial charge in [0.15, 0.2) is 0 Å². The van der Waals surface area contributed by atoms with Crippen molar-refractivity contribution in [1.82, 2.24) is 4.98 Å². The largest absolute Gasteiger partial charge is 0.258 e. The molecule has 0 aliphatic heterocycles. The molecule has 0 unspecified atom stereocenters. The van der Waals surface area contributed by atoms with E-state index in [1.54, 1.807) is 0 Å². The summed E-state index contributed by atoms with van der Waals surface area (Å²) in [4.78, 5) is 4.32. The van der Waals surface area contributed by atoms with Crippen LogP contribution in [-0.2, 0) is 6.42 Å². The van der Waals surface area contributed by atoms with Crippen molar-refractivity contribution >= 4 is 0 Å². The first-order valence-corrected chi connectivity index (χ1v) is 4.27. The molecule has 64 valence electrons. The van der Waals surface area contributed by atoms with Crippen molar-refractivity contribution in [2.45, 2.75) is 26.7 Å². The predicted octanol–water partition coefficient (Wildman–Crippen LogP) is 2.82. The lowest BCUT2D eigenvalue weighted by molar-refractivity contribution is 0.976. The second-order valence-electron chi connectivity index (χ2n) is 3.09. The molecular weight excluding hydrogens is 146 g/mol. The SMILES string of the molecule is C=CCCc1cc(C)nc(C)c1. The van der Waals surface area contributed by atoms with Gasteiger partial charge in [-0.15, -0.1) is 6.58 Å². The minimum absolute atomic E-state index is 1.04. The lowest BCUT2D eigenvalue weighted by atomic mass is 10.1. The first kappa shape index (κ1) is 8.98. The summed E-state index contributed by atoms with van der Waals surface area (Å²) in [5, 5.41) is 0. The van der Waals surface area contributed by atoms with Crippen LogP contribution >= 0.6 is 0 Å². The number of pyridine rings is 1. The monoisotopic (exact) mass is 161 g/mol. The summed E-state index contributed by atoms with van der Waals surface area (Å²) in [5.41, 5.74) is 3.57. The Bertz CT molecular complexity index is 256. The highest BCUT2D eigenvalue weighted by atomic mass is 14.7. The topological polar surface area (TPSA) is 12.9 Å². The summed E-state index contributed by atoms with van der Waals surface area (Å²) in [5.74, 6) is 0. The number of aryl methyl sites for hydroxylation is 3. The molecule has 0 spiro atoms. The molecule has 1 heteroatoms. The van der Waals surface area contributed by atoms with Crippen LogP contribution in [0.1, 0.15) is 23.4 Å². The van der Waals surface area contributed by atoms with Crippen LogP contribution in [0, 0.1) is 13.8 Å². The quantitative estimate of drug-likeness (QED) is 0.621. The van der Waals surface area contributed by atoms with Crippen molar-refractivity contribution in [1.29, 1.82) is 0 Å². The molecule has 1 aromatic rings. The Balaban J connectivity index is 2.78. The van der Waals surface area contributed by atoms with E-state index in [1.165, 1.54) is 5.56 Å². The number of nitrogens with zero attached hydrogens (tertiary/aromatic N) is 1. The minimum Gasteiger partial charge on any atom is -0.258 e. The molecule has 0 aromatic carbocycles. The highest BCUT2D eigenvalue weighted by Crippen LogP contribution is 2.07. The molecule has 1 aromatic heterocycles. The number of hydrogen-bond acceptors (Lipinski definition) is 1. The van der Waals surface area contributed by atoms with Crippen LogP contribution in [0.2, 0.25) is 0 Å². The number of allylic oxidation sites excluding steroid dienone is 1. The molecular formula is C11H15N. The summed E-state index contributed by atoms with van der Waals surface area (Å²) in [6, 6.07) is 4.27. The molecule has 0 fully saturated rings. The molecule has 12 heavy (non-hydrogen) atoms. The maximum atomic E-state index is 4.32. The smallest absolute Gasteiger partial charge is 0.0378 e. The average Bonchev–Trinajstić information content (AvgIpc) is 1.99. The maximum absolute atomic E-state index is 4.32. The van der Waals surface area contributed by atoms with Crippen LogP contribution in [0.15, 0.2) is 24.8 Å². The zero-order chi connectivity index (χ0) is 8.97. The Morgan fingerprint density at radius 2 is 1.92 bits per heavy atom. The van der Waals surface area contributed by atoms with Gasteiger partial charge in [-0.3, -0.25) is 4.98 Å². The van der Waals surface area contributed by atoms with E-state index in [0.29, 0.717) is 0 Å². The van der Waals surface area contributed by atoms with Crippen molar-refractivity contribution in [3.63, 3.8) is 0 Å². The van der Waals surface area contributed by atoms with E-state index in [9.17, 15) is 0 Å². The Morgan fingerprint density at radius 1 is 1.33 bits per heavy atom. The molecule has 0 atom stereocenters. The molecule has 0 aliphatic carbocycles. The molecule has 1 rings (SSSR count). The van der Waals surface area contributed by atoms with Crippen LogP contribution < -0.4 is 0 Å². The van der Waals surface area contributed by atoms with Gasteiger partial charge in [-0.25, -0.2) is 0 Å². The summed E-state index contributed by atoms with van der Waals surface area (Å²) in [7, 11) is 0. The van der Waals surface area contributed by atoms with Crippen LogP contribution in [0.4, 0.5) is 0 Å². The lowest BCUT2D eigenvalue weighted by Gasteiger charge is -2.01. The molecule has 1 nitrogen and oxygen atoms in total. The maximum Gasteiger partial charge on any atom is 0.0378 e. The summed E-state index contributed by atoms with van der Waals surface area (Å²) < 4.78 is 0. The highest BCUT2D eigenvalue weighted by molar-refractivity contribution is 5.20. The zero-order valence-corrected chi connectivity index (χ0v) is 7.80. The van der Waals surface area contributed by atoms with E-state index < -0.39 is 0 Å². The van der Waals surface area contributed by atoms with E-state index in [1.807, 2.05) is 19.9 Å². The normalized spacial score (nSPS) is 9.83. The Morgan fingerprint density at radius 3 is 2.42 bits per heavy atom. The summed E-state index contributed by atoms with van der Waals surface area (Å²) in [6.07, 6.45) is 4.07. The molecule has 1 heterocycles. The van der Waals surface area contributed by atoms with Crippen molar-refractivity contribution in [3.8, 4) is 0 Å². The van der Waals surface area contributed by atoms with E-state index in [0.717, 1.165) is 24.2 Å². The van der Waals surface area contributed by atoms with E-state index in [4.69, 9.17) is 0 Å². The lowest BCUT2D eigenvalue weighted by Crippen LogP contribution is -1.91. The van der Waals surface area contributed by atoms with E-state index >= 15 is 0 Å². The molecule has 0 N–H and O–H groups in total. The minimum atomic E-state index is 1.04. The number of rotatable bonds is 3. The summed E-state index contributed by atoms with van der Waals surface area (Å²) in [6.45, 7) is 7.77. The van der Waals surface area contributed by atoms with Crippen molar-refractivity contribution < 1.29 is 0 Å². The average molecular weight is 161 g/mol. The first-order chi connectivity index (χ1) is 5.72. The predicted molar refractivity (Wildman–Crippen MR) is 52.2 cm³/mol. The van der Waals surface area contributed by atoms with Crippen molar-refractivity contribution in [2.24, 2.45) is 0 Å². The fourth-order valence-electron chi connectivity index (χ4n) is 1.33. The highest BCUT2D eigenvalue weighted by Gasteiger charge is 1.95. The molecule has 0 saturated carbocycles. The Hall–Kier alpha value is -1.11. The number of hydrogen-bond donors (Lipinski definition) is 0. The van der Waals surface area contributed by atoms with E-state index in [-0.39, 0.29) is 0 Å². The number of aromatic nitrogens is 1. The van der Waals surface area contributed by atoms with Gasteiger partial charge in [0.2, 0.25) is 0 Å². The van der Waals surface area contributed by atoms with Gasteiger partial charge in [-0.1, -0.05) is 6.08 Å². The Kier molecular flexibility index (Phi) is 3.03. The van der Waals surface area contributed by atoms with E-state index in [2.05, 4.69) is 23.7 Å². The first-order valence-electron chi connectivity index (χ1n) is 4.27. The van der Waals surface area contributed by atoms with Gasteiger partial charge in [0.05, 0.1) is 0 Å². The van der Waals surface area contributed by atoms with Crippen LogP contribution in [0.3, 0.4) is 0 Å². The van der Waals surface area contributed by atoms with Gasteiger partial charge >= 0.3 is 0 Å².